The molecule has 0 spiro atoms. The first-order chi connectivity index (χ1) is 9.54. The van der Waals surface area contributed by atoms with Crippen molar-refractivity contribution < 1.29 is 9.21 Å². The maximum absolute atomic E-state index is 12.1. The van der Waals surface area contributed by atoms with E-state index in [-0.39, 0.29) is 18.0 Å². The molecule has 0 fully saturated rings. The van der Waals surface area contributed by atoms with Gasteiger partial charge in [0.1, 0.15) is 17.6 Å². The highest BCUT2D eigenvalue weighted by Gasteiger charge is 2.32. The molecule has 0 saturated carbocycles. The summed E-state index contributed by atoms with van der Waals surface area (Å²) >= 11 is 3.41. The highest BCUT2D eigenvalue weighted by molar-refractivity contribution is 9.10. The molecular weight excluding hydrogens is 320 g/mol. The van der Waals surface area contributed by atoms with Gasteiger partial charge in [0.15, 0.2) is 0 Å². The van der Waals surface area contributed by atoms with Gasteiger partial charge < -0.3 is 9.73 Å². The molecule has 2 atom stereocenters. The summed E-state index contributed by atoms with van der Waals surface area (Å²) in [4.78, 5) is 12.1. The highest BCUT2D eigenvalue weighted by atomic mass is 79.9. The fraction of sp³-hybridized carbons (Fsp3) is 0.267. The molecule has 3 rings (SSSR count). The molecule has 20 heavy (non-hydrogen) atoms. The van der Waals surface area contributed by atoms with Crippen LogP contribution in [0.5, 0.6) is 0 Å². The van der Waals surface area contributed by atoms with Gasteiger partial charge in [-0.2, -0.15) is 0 Å². The number of fused-ring (bicyclic) bond motifs is 1. The average molecular weight is 335 g/mol. The number of hydrogen-bond acceptors (Lipinski definition) is 3. The molecule has 1 aromatic heterocycles. The Kier molecular flexibility index (Phi) is 3.40. The molecule has 0 bridgehead atoms. The van der Waals surface area contributed by atoms with Gasteiger partial charge in [0, 0.05) is 15.7 Å². The Bertz CT molecular complexity index is 666. The highest BCUT2D eigenvalue weighted by Crippen LogP contribution is 2.34. The molecule has 5 heteroatoms. The minimum absolute atomic E-state index is 0.0333. The van der Waals surface area contributed by atoms with Crippen molar-refractivity contribution in [3.63, 3.8) is 0 Å². The zero-order valence-electron chi connectivity index (χ0n) is 11.2. The number of benzene rings is 1. The van der Waals surface area contributed by atoms with E-state index in [4.69, 9.17) is 4.42 Å². The summed E-state index contributed by atoms with van der Waals surface area (Å²) in [5.74, 6) is 1.67. The van der Waals surface area contributed by atoms with Gasteiger partial charge in [-0.25, -0.2) is 0 Å². The summed E-state index contributed by atoms with van der Waals surface area (Å²) in [6, 6.07) is 9.28. The minimum atomic E-state index is -0.349. The first kappa shape index (κ1) is 13.4. The molecule has 2 N–H and O–H groups in total. The Morgan fingerprint density at radius 3 is 2.85 bits per heavy atom. The van der Waals surface area contributed by atoms with Crippen LogP contribution in [0.15, 0.2) is 39.2 Å². The van der Waals surface area contributed by atoms with Crippen molar-refractivity contribution in [1.82, 2.24) is 5.32 Å². The zero-order valence-corrected chi connectivity index (χ0v) is 12.8. The molecule has 2 unspecified atom stereocenters. The molecule has 0 aliphatic carbocycles. The molecule has 0 radical (unpaired) electrons. The minimum Gasteiger partial charge on any atom is -0.465 e. The Hall–Kier alpha value is -1.59. The Balaban J connectivity index is 1.83. The number of carbonyl (C=O) groups excluding carboxylic acids is 1. The van der Waals surface area contributed by atoms with E-state index in [1.165, 1.54) is 0 Å². The lowest BCUT2D eigenvalue weighted by atomic mass is 10.1. The van der Waals surface area contributed by atoms with E-state index in [2.05, 4.69) is 26.6 Å². The van der Waals surface area contributed by atoms with Crippen molar-refractivity contribution in [2.24, 2.45) is 0 Å². The van der Waals surface area contributed by atoms with Crippen LogP contribution in [-0.2, 0) is 4.79 Å². The second-order valence-electron chi connectivity index (χ2n) is 4.99. The lowest BCUT2D eigenvalue weighted by molar-refractivity contribution is -0.117. The van der Waals surface area contributed by atoms with Gasteiger partial charge in [-0.3, -0.25) is 10.1 Å². The van der Waals surface area contributed by atoms with Gasteiger partial charge in [0.05, 0.1) is 6.04 Å². The first-order valence-electron chi connectivity index (χ1n) is 6.47. The van der Waals surface area contributed by atoms with E-state index in [1.54, 1.807) is 0 Å². The number of hydrogen-bond donors (Lipinski definition) is 2. The van der Waals surface area contributed by atoms with Gasteiger partial charge in [-0.15, -0.1) is 0 Å². The normalized spacial score (nSPS) is 18.8. The Labute approximate surface area is 125 Å². The van der Waals surface area contributed by atoms with E-state index in [9.17, 15) is 4.79 Å². The Morgan fingerprint density at radius 2 is 2.15 bits per heavy atom. The topological polar surface area (TPSA) is 54.3 Å². The smallest absolute Gasteiger partial charge is 0.246 e. The van der Waals surface area contributed by atoms with Crippen molar-refractivity contribution in [2.75, 3.05) is 5.32 Å². The molecule has 1 aliphatic rings. The lowest BCUT2D eigenvalue weighted by Crippen LogP contribution is -2.29. The van der Waals surface area contributed by atoms with Gasteiger partial charge >= 0.3 is 0 Å². The van der Waals surface area contributed by atoms with Crippen molar-refractivity contribution in [3.8, 4) is 0 Å². The molecule has 2 aromatic rings. The van der Waals surface area contributed by atoms with Crippen LogP contribution in [0.2, 0.25) is 0 Å². The van der Waals surface area contributed by atoms with Crippen molar-refractivity contribution >= 4 is 27.5 Å². The quantitative estimate of drug-likeness (QED) is 0.899. The maximum Gasteiger partial charge on any atom is 0.246 e. The van der Waals surface area contributed by atoms with E-state index in [0.29, 0.717) is 0 Å². The number of amides is 1. The van der Waals surface area contributed by atoms with Crippen LogP contribution in [0.4, 0.5) is 5.69 Å². The molecular formula is C15H15BrN2O2. The largest absolute Gasteiger partial charge is 0.465 e. The summed E-state index contributed by atoms with van der Waals surface area (Å²) in [6.45, 7) is 3.90. The fourth-order valence-electron chi connectivity index (χ4n) is 2.42. The second-order valence-corrected chi connectivity index (χ2v) is 5.91. The van der Waals surface area contributed by atoms with E-state index < -0.39 is 0 Å². The van der Waals surface area contributed by atoms with Crippen LogP contribution in [0.25, 0.3) is 0 Å². The van der Waals surface area contributed by atoms with Crippen LogP contribution < -0.4 is 10.6 Å². The third-order valence-electron chi connectivity index (χ3n) is 3.45. The van der Waals surface area contributed by atoms with Crippen molar-refractivity contribution in [1.29, 1.82) is 0 Å². The third kappa shape index (κ3) is 2.39. The summed E-state index contributed by atoms with van der Waals surface area (Å²) in [6.07, 6.45) is 0. The molecule has 1 amide bonds. The van der Waals surface area contributed by atoms with E-state index in [0.717, 1.165) is 27.2 Å². The van der Waals surface area contributed by atoms with Crippen molar-refractivity contribution in [2.45, 2.75) is 25.9 Å². The predicted octanol–water partition coefficient (Wildman–Crippen LogP) is 3.69. The van der Waals surface area contributed by atoms with Gasteiger partial charge in [-0.05, 0) is 38.1 Å². The number of halogens is 1. The molecule has 2 heterocycles. The zero-order chi connectivity index (χ0) is 14.3. The summed E-state index contributed by atoms with van der Waals surface area (Å²) < 4.78 is 6.55. The number of furan rings is 1. The molecule has 1 aromatic carbocycles. The number of nitrogens with one attached hydrogen (secondary N) is 2. The fourth-order valence-corrected chi connectivity index (χ4v) is 2.78. The molecule has 0 saturated heterocycles. The monoisotopic (exact) mass is 334 g/mol. The van der Waals surface area contributed by atoms with Crippen molar-refractivity contribution in [3.05, 3.63) is 51.9 Å². The lowest BCUT2D eigenvalue weighted by Gasteiger charge is -2.16. The number of anilines is 1. The predicted molar refractivity (Wildman–Crippen MR) is 80.5 cm³/mol. The first-order valence-corrected chi connectivity index (χ1v) is 7.26. The standard InChI is InChI=1S/C15H15BrN2O2/c1-8-3-6-13(20-8)9(2)17-14-11-5-4-10(16)7-12(11)18-15(14)19/h3-7,9,14,17H,1-2H3,(H,18,19). The second kappa shape index (κ2) is 5.07. The van der Waals surface area contributed by atoms with Gasteiger partial charge in [0.2, 0.25) is 5.91 Å². The van der Waals surface area contributed by atoms with Crippen LogP contribution >= 0.6 is 15.9 Å². The van der Waals surface area contributed by atoms with Gasteiger partial charge in [0.25, 0.3) is 0 Å². The van der Waals surface area contributed by atoms with Gasteiger partial charge in [-0.1, -0.05) is 22.0 Å². The number of aryl methyl sites for hydroxylation is 1. The van der Waals surface area contributed by atoms with Crippen LogP contribution in [0.3, 0.4) is 0 Å². The van der Waals surface area contributed by atoms with E-state index >= 15 is 0 Å². The summed E-state index contributed by atoms with van der Waals surface area (Å²) in [7, 11) is 0. The van der Waals surface area contributed by atoms with Crippen LogP contribution in [0, 0.1) is 6.92 Å². The third-order valence-corrected chi connectivity index (χ3v) is 3.94. The Morgan fingerprint density at radius 1 is 1.35 bits per heavy atom. The average Bonchev–Trinajstić information content (AvgIpc) is 2.94. The molecule has 104 valence electrons. The number of rotatable bonds is 3. The van der Waals surface area contributed by atoms with Crippen LogP contribution in [-0.4, -0.2) is 5.91 Å². The van der Waals surface area contributed by atoms with Crippen LogP contribution in [0.1, 0.15) is 36.1 Å². The molecule has 4 nitrogen and oxygen atoms in total. The van der Waals surface area contributed by atoms with E-state index in [1.807, 2.05) is 44.2 Å². The SMILES string of the molecule is Cc1ccc(C(C)NC2C(=O)Nc3cc(Br)ccc32)o1. The summed E-state index contributed by atoms with van der Waals surface area (Å²) in [5, 5.41) is 6.20. The number of carbonyl (C=O) groups is 1. The maximum atomic E-state index is 12.1. The summed E-state index contributed by atoms with van der Waals surface area (Å²) in [5.41, 5.74) is 1.82. The molecule has 1 aliphatic heterocycles.